The summed E-state index contributed by atoms with van der Waals surface area (Å²) in [7, 11) is 0. The topological polar surface area (TPSA) is 56.7 Å². The molecule has 1 aromatic heterocycles. The highest BCUT2D eigenvalue weighted by molar-refractivity contribution is 7.98. The Balaban J connectivity index is 1.77. The third kappa shape index (κ3) is 2.82. The molecule has 0 spiro atoms. The van der Waals surface area contributed by atoms with Crippen LogP contribution in [0, 0.1) is 0 Å². The minimum atomic E-state index is -2.72. The van der Waals surface area contributed by atoms with Gasteiger partial charge in [-0.1, -0.05) is 54.2 Å². The van der Waals surface area contributed by atoms with Crippen LogP contribution in [0.1, 0.15) is 17.8 Å². The molecule has 3 rings (SSSR count). The van der Waals surface area contributed by atoms with Crippen molar-refractivity contribution in [3.05, 3.63) is 53.9 Å². The van der Waals surface area contributed by atoms with E-state index in [0.29, 0.717) is 5.75 Å². The fourth-order valence-corrected chi connectivity index (χ4v) is 2.82. The van der Waals surface area contributed by atoms with Gasteiger partial charge in [0.1, 0.15) is 0 Å². The van der Waals surface area contributed by atoms with Gasteiger partial charge in [0, 0.05) is 5.75 Å². The first-order valence-corrected chi connectivity index (χ1v) is 7.23. The summed E-state index contributed by atoms with van der Waals surface area (Å²) < 4.78 is 26.0. The van der Waals surface area contributed by atoms with Crippen LogP contribution in [0.25, 0.3) is 10.8 Å². The molecule has 0 aliphatic rings. The molecule has 0 saturated heterocycles. The van der Waals surface area contributed by atoms with E-state index in [4.69, 9.17) is 5.84 Å². The summed E-state index contributed by atoms with van der Waals surface area (Å²) in [6.45, 7) is 0. The highest BCUT2D eigenvalue weighted by atomic mass is 32.2. The number of nitrogens with zero attached hydrogens (tertiary/aromatic N) is 3. The van der Waals surface area contributed by atoms with Crippen LogP contribution in [0.2, 0.25) is 0 Å². The van der Waals surface area contributed by atoms with Crippen LogP contribution in [0.4, 0.5) is 8.78 Å². The summed E-state index contributed by atoms with van der Waals surface area (Å²) >= 11 is 1.28. The van der Waals surface area contributed by atoms with Gasteiger partial charge < -0.3 is 5.84 Å². The Kier molecular flexibility index (Phi) is 3.74. The lowest BCUT2D eigenvalue weighted by Crippen LogP contribution is -2.14. The molecule has 0 bridgehead atoms. The molecule has 108 valence electrons. The van der Waals surface area contributed by atoms with Gasteiger partial charge in [0.05, 0.1) is 0 Å². The van der Waals surface area contributed by atoms with Crippen LogP contribution in [-0.4, -0.2) is 14.9 Å². The molecule has 0 unspecified atom stereocenters. The number of halogens is 2. The van der Waals surface area contributed by atoms with Gasteiger partial charge in [-0.15, -0.1) is 10.2 Å². The van der Waals surface area contributed by atoms with Crippen LogP contribution in [0.5, 0.6) is 0 Å². The lowest BCUT2D eigenvalue weighted by Gasteiger charge is -2.04. The maximum absolute atomic E-state index is 12.6. The average Bonchev–Trinajstić information content (AvgIpc) is 2.86. The Bertz CT molecular complexity index is 773. The van der Waals surface area contributed by atoms with E-state index < -0.39 is 12.2 Å². The zero-order valence-corrected chi connectivity index (χ0v) is 11.7. The molecule has 3 aromatic rings. The van der Waals surface area contributed by atoms with E-state index in [-0.39, 0.29) is 5.16 Å². The SMILES string of the molecule is Nn1c(SCc2ccc3ccccc3c2)nnc1C(F)F. The first kappa shape index (κ1) is 13.8. The van der Waals surface area contributed by atoms with Gasteiger partial charge in [-0.25, -0.2) is 13.5 Å². The third-order valence-electron chi connectivity index (χ3n) is 3.07. The van der Waals surface area contributed by atoms with Crippen LogP contribution in [-0.2, 0) is 5.75 Å². The molecule has 21 heavy (non-hydrogen) atoms. The molecule has 2 aromatic carbocycles. The molecule has 0 fully saturated rings. The summed E-state index contributed by atoms with van der Waals surface area (Å²) in [5.41, 5.74) is 1.07. The lowest BCUT2D eigenvalue weighted by atomic mass is 10.1. The highest BCUT2D eigenvalue weighted by Gasteiger charge is 2.18. The van der Waals surface area contributed by atoms with Crippen molar-refractivity contribution in [3.63, 3.8) is 0 Å². The first-order valence-electron chi connectivity index (χ1n) is 6.24. The number of benzene rings is 2. The second-order valence-electron chi connectivity index (χ2n) is 4.48. The van der Waals surface area contributed by atoms with Gasteiger partial charge in [-0.3, -0.25) is 0 Å². The Morgan fingerprint density at radius 1 is 1.10 bits per heavy atom. The van der Waals surface area contributed by atoms with E-state index in [0.717, 1.165) is 21.0 Å². The fourth-order valence-electron chi connectivity index (χ4n) is 2.01. The number of fused-ring (bicyclic) bond motifs is 1. The average molecular weight is 306 g/mol. The molecule has 0 radical (unpaired) electrons. The predicted octanol–water partition coefficient (Wildman–Crippen LogP) is 3.38. The van der Waals surface area contributed by atoms with Gasteiger partial charge in [0.25, 0.3) is 6.43 Å². The molecule has 2 N–H and O–H groups in total. The minimum Gasteiger partial charge on any atom is -0.335 e. The van der Waals surface area contributed by atoms with Crippen LogP contribution in [0.15, 0.2) is 47.6 Å². The second-order valence-corrected chi connectivity index (χ2v) is 5.42. The largest absolute Gasteiger partial charge is 0.335 e. The molecule has 7 heteroatoms. The van der Waals surface area contributed by atoms with Crippen molar-refractivity contribution in [1.82, 2.24) is 14.9 Å². The van der Waals surface area contributed by atoms with Crippen molar-refractivity contribution < 1.29 is 8.78 Å². The summed E-state index contributed by atoms with van der Waals surface area (Å²) in [4.78, 5) is 0. The molecule has 0 aliphatic carbocycles. The zero-order chi connectivity index (χ0) is 14.8. The summed E-state index contributed by atoms with van der Waals surface area (Å²) in [6, 6.07) is 14.1. The summed E-state index contributed by atoms with van der Waals surface area (Å²) in [6.07, 6.45) is -2.72. The highest BCUT2D eigenvalue weighted by Crippen LogP contribution is 2.25. The van der Waals surface area contributed by atoms with E-state index in [1.807, 2.05) is 36.4 Å². The van der Waals surface area contributed by atoms with Gasteiger partial charge in [-0.2, -0.15) is 0 Å². The summed E-state index contributed by atoms with van der Waals surface area (Å²) in [5, 5.41) is 9.65. The van der Waals surface area contributed by atoms with E-state index in [1.165, 1.54) is 11.8 Å². The van der Waals surface area contributed by atoms with E-state index >= 15 is 0 Å². The Labute approximate surface area is 123 Å². The van der Waals surface area contributed by atoms with Crippen LogP contribution >= 0.6 is 11.8 Å². The Morgan fingerprint density at radius 3 is 2.57 bits per heavy atom. The number of alkyl halides is 2. The van der Waals surface area contributed by atoms with Gasteiger partial charge in [-0.05, 0) is 16.3 Å². The van der Waals surface area contributed by atoms with Crippen LogP contribution in [0.3, 0.4) is 0 Å². The fraction of sp³-hybridized carbons (Fsp3) is 0.143. The van der Waals surface area contributed by atoms with Crippen molar-refractivity contribution in [3.8, 4) is 0 Å². The quantitative estimate of drug-likeness (QED) is 0.593. The summed E-state index contributed by atoms with van der Waals surface area (Å²) in [5.74, 6) is 5.62. The van der Waals surface area contributed by atoms with Crippen LogP contribution < -0.4 is 5.84 Å². The van der Waals surface area contributed by atoms with Crippen molar-refractivity contribution in [2.45, 2.75) is 17.3 Å². The lowest BCUT2D eigenvalue weighted by molar-refractivity contribution is 0.136. The molecule has 0 atom stereocenters. The molecule has 1 heterocycles. The number of aromatic nitrogens is 3. The van der Waals surface area contributed by atoms with Crippen molar-refractivity contribution in [2.24, 2.45) is 0 Å². The van der Waals surface area contributed by atoms with E-state index in [2.05, 4.69) is 16.3 Å². The maximum atomic E-state index is 12.6. The molecule has 4 nitrogen and oxygen atoms in total. The predicted molar refractivity (Wildman–Crippen MR) is 78.6 cm³/mol. The van der Waals surface area contributed by atoms with E-state index in [1.54, 1.807) is 0 Å². The third-order valence-corrected chi connectivity index (χ3v) is 4.08. The van der Waals surface area contributed by atoms with Crippen molar-refractivity contribution in [2.75, 3.05) is 5.84 Å². The minimum absolute atomic E-state index is 0.276. The maximum Gasteiger partial charge on any atom is 0.299 e. The first-order chi connectivity index (χ1) is 10.1. The monoisotopic (exact) mass is 306 g/mol. The number of thioether (sulfide) groups is 1. The van der Waals surface area contributed by atoms with Gasteiger partial charge in [0.2, 0.25) is 11.0 Å². The molecule has 0 aliphatic heterocycles. The number of nitrogens with two attached hydrogens (primary N) is 1. The smallest absolute Gasteiger partial charge is 0.299 e. The molecular formula is C14H12F2N4S. The van der Waals surface area contributed by atoms with E-state index in [9.17, 15) is 8.78 Å². The standard InChI is InChI=1S/C14H12F2N4S/c15-12(16)13-18-19-14(20(13)17)21-8-9-5-6-10-3-1-2-4-11(10)7-9/h1-7,12H,8,17H2. The van der Waals surface area contributed by atoms with Crippen molar-refractivity contribution >= 4 is 22.5 Å². The number of nitrogen functional groups attached to an aromatic ring is 1. The van der Waals surface area contributed by atoms with Gasteiger partial charge in [0.15, 0.2) is 0 Å². The number of rotatable bonds is 4. The Hall–Kier alpha value is -2.15. The number of hydrogen-bond acceptors (Lipinski definition) is 4. The normalized spacial score (nSPS) is 11.4. The van der Waals surface area contributed by atoms with Gasteiger partial charge >= 0.3 is 0 Å². The Morgan fingerprint density at radius 2 is 1.86 bits per heavy atom. The molecule has 0 amide bonds. The second kappa shape index (κ2) is 5.69. The molecule has 0 saturated carbocycles. The number of hydrogen-bond donors (Lipinski definition) is 1. The zero-order valence-electron chi connectivity index (χ0n) is 10.9. The molecular weight excluding hydrogens is 294 g/mol. The van der Waals surface area contributed by atoms with Crippen molar-refractivity contribution in [1.29, 1.82) is 0 Å².